The minimum absolute atomic E-state index is 0. The first-order valence-electron chi connectivity index (χ1n) is 11.0. The summed E-state index contributed by atoms with van der Waals surface area (Å²) >= 11 is 0. The minimum Gasteiger partial charge on any atom is -0.333 e. The van der Waals surface area contributed by atoms with Gasteiger partial charge >= 0.3 is 6.03 Å². The van der Waals surface area contributed by atoms with Gasteiger partial charge < -0.3 is 15.1 Å². The van der Waals surface area contributed by atoms with Gasteiger partial charge in [-0.25, -0.2) is 13.6 Å². The molecule has 1 N–H and O–H groups in total. The summed E-state index contributed by atoms with van der Waals surface area (Å²) in [7, 11) is 0. The molecule has 1 saturated heterocycles. The summed E-state index contributed by atoms with van der Waals surface area (Å²) in [4.78, 5) is 33.2. The highest BCUT2D eigenvalue weighted by Crippen LogP contribution is 2.43. The highest BCUT2D eigenvalue weighted by Gasteiger charge is 2.43. The van der Waals surface area contributed by atoms with Crippen molar-refractivity contribution in [3.8, 4) is 0 Å². The number of benzene rings is 1. The monoisotopic (exact) mass is 438 g/mol. The number of nitrogens with zero attached hydrogens (tertiary/aromatic N) is 3. The smallest absolute Gasteiger partial charge is 0.322 e. The average Bonchev–Trinajstić information content (AvgIpc) is 3.45. The number of amides is 3. The number of pyridine rings is 1. The SMILES string of the molecule is O=C1Nc2ccc(F)c(F)c2CN1CC(=O)N1C[C@H]2C=C(c3ccc(C4CC4)nc3)[C@@H]1C2.[HH]. The predicted molar refractivity (Wildman–Crippen MR) is 116 cm³/mol. The molecule has 166 valence electrons. The molecular formula is C24H24F2N4O2. The highest BCUT2D eigenvalue weighted by molar-refractivity contribution is 5.95. The van der Waals surface area contributed by atoms with E-state index in [0.717, 1.165) is 29.3 Å². The van der Waals surface area contributed by atoms with E-state index in [9.17, 15) is 18.4 Å². The van der Waals surface area contributed by atoms with Crippen molar-refractivity contribution < 1.29 is 19.8 Å². The summed E-state index contributed by atoms with van der Waals surface area (Å²) in [5.74, 6) is -1.28. The molecular weight excluding hydrogens is 414 g/mol. The summed E-state index contributed by atoms with van der Waals surface area (Å²) in [6.07, 6.45) is 7.39. The molecule has 1 aromatic carbocycles. The standard InChI is InChI=1S/C24H22F2N4O2.H2/c25-18-4-6-20-17(23(18)26)11-29(24(32)28-20)12-22(31)30-10-13-7-16(21(30)8-13)15-3-5-19(27-9-15)14-1-2-14;/h3-7,9,13-14,21H,1-2,8,10-12H2,(H,28,32);1H/t13-,21-;/m0./s1. The van der Waals surface area contributed by atoms with Crippen molar-refractivity contribution in [2.75, 3.05) is 18.4 Å². The van der Waals surface area contributed by atoms with E-state index in [0.29, 0.717) is 12.5 Å². The zero-order valence-corrected chi connectivity index (χ0v) is 17.4. The molecule has 2 aliphatic heterocycles. The fourth-order valence-electron chi connectivity index (χ4n) is 5.11. The maximum Gasteiger partial charge on any atom is 0.322 e. The molecule has 8 heteroatoms. The summed E-state index contributed by atoms with van der Waals surface area (Å²) in [5.41, 5.74) is 3.56. The Bertz CT molecular complexity index is 1170. The molecule has 2 aliphatic carbocycles. The summed E-state index contributed by atoms with van der Waals surface area (Å²) < 4.78 is 27.8. The predicted octanol–water partition coefficient (Wildman–Crippen LogP) is 4.15. The molecule has 0 unspecified atom stereocenters. The maximum absolute atomic E-state index is 14.2. The van der Waals surface area contributed by atoms with Crippen LogP contribution in [0.15, 0.2) is 36.5 Å². The van der Waals surface area contributed by atoms with Crippen molar-refractivity contribution in [3.05, 3.63) is 65.0 Å². The van der Waals surface area contributed by atoms with Crippen LogP contribution in [0.1, 0.15) is 43.4 Å². The van der Waals surface area contributed by atoms with Crippen LogP contribution in [0.25, 0.3) is 5.57 Å². The van der Waals surface area contributed by atoms with Crippen LogP contribution in [0, 0.1) is 17.6 Å². The lowest BCUT2D eigenvalue weighted by Gasteiger charge is -2.33. The maximum atomic E-state index is 14.2. The first-order chi connectivity index (χ1) is 15.5. The van der Waals surface area contributed by atoms with E-state index < -0.39 is 17.7 Å². The fraction of sp³-hybridized carbons (Fsp3) is 0.375. The molecule has 4 aliphatic rings. The second-order valence-electron chi connectivity index (χ2n) is 9.10. The first-order valence-corrected chi connectivity index (χ1v) is 11.0. The van der Waals surface area contributed by atoms with Gasteiger partial charge in [-0.2, -0.15) is 0 Å². The van der Waals surface area contributed by atoms with Crippen molar-refractivity contribution in [2.45, 2.75) is 37.8 Å². The number of likely N-dealkylation sites (tertiary alicyclic amines) is 1. The Hall–Kier alpha value is -3.29. The number of aromatic nitrogens is 1. The molecule has 2 fully saturated rings. The Balaban J connectivity index is 0.00000228. The van der Waals surface area contributed by atoms with Gasteiger partial charge in [0.2, 0.25) is 5.91 Å². The molecule has 32 heavy (non-hydrogen) atoms. The number of anilines is 1. The van der Waals surface area contributed by atoms with E-state index in [4.69, 9.17) is 0 Å². The second-order valence-corrected chi connectivity index (χ2v) is 9.10. The molecule has 3 heterocycles. The lowest BCUT2D eigenvalue weighted by molar-refractivity contribution is -0.132. The van der Waals surface area contributed by atoms with Gasteiger partial charge in [-0.15, -0.1) is 0 Å². The van der Waals surface area contributed by atoms with Gasteiger partial charge in [-0.1, -0.05) is 12.1 Å². The van der Waals surface area contributed by atoms with E-state index in [1.807, 2.05) is 6.20 Å². The molecule has 2 bridgehead atoms. The number of hydrogen-bond donors (Lipinski definition) is 1. The van der Waals surface area contributed by atoms with Crippen LogP contribution < -0.4 is 5.32 Å². The number of carbonyl (C=O) groups is 2. The van der Waals surface area contributed by atoms with Gasteiger partial charge in [0.15, 0.2) is 11.6 Å². The highest BCUT2D eigenvalue weighted by atomic mass is 19.2. The van der Waals surface area contributed by atoms with Crippen LogP contribution in [0.2, 0.25) is 0 Å². The zero-order valence-electron chi connectivity index (χ0n) is 17.4. The Morgan fingerprint density at radius 1 is 1.22 bits per heavy atom. The Morgan fingerprint density at radius 2 is 2.06 bits per heavy atom. The van der Waals surface area contributed by atoms with E-state index in [1.165, 1.54) is 23.8 Å². The Kier molecular flexibility index (Phi) is 4.31. The lowest BCUT2D eigenvalue weighted by atomic mass is 10.0. The number of nitrogens with one attached hydrogen (secondary N) is 1. The quantitative estimate of drug-likeness (QED) is 0.780. The third kappa shape index (κ3) is 3.16. The zero-order chi connectivity index (χ0) is 22.0. The molecule has 1 aromatic heterocycles. The Labute approximate surface area is 185 Å². The number of rotatable bonds is 4. The third-order valence-electron chi connectivity index (χ3n) is 6.94. The van der Waals surface area contributed by atoms with Crippen LogP contribution in [0.5, 0.6) is 0 Å². The van der Waals surface area contributed by atoms with E-state index in [-0.39, 0.29) is 43.6 Å². The van der Waals surface area contributed by atoms with E-state index in [2.05, 4.69) is 28.5 Å². The summed E-state index contributed by atoms with van der Waals surface area (Å²) in [5, 5.41) is 2.55. The molecule has 6 rings (SSSR count). The van der Waals surface area contributed by atoms with Crippen molar-refractivity contribution >= 4 is 23.2 Å². The van der Waals surface area contributed by atoms with Crippen LogP contribution in [-0.2, 0) is 11.3 Å². The van der Waals surface area contributed by atoms with E-state index >= 15 is 0 Å². The van der Waals surface area contributed by atoms with Crippen molar-refractivity contribution in [1.82, 2.24) is 14.8 Å². The van der Waals surface area contributed by atoms with Crippen LogP contribution in [-0.4, -0.2) is 45.9 Å². The summed E-state index contributed by atoms with van der Waals surface area (Å²) in [6, 6.07) is 5.95. The van der Waals surface area contributed by atoms with Crippen LogP contribution in [0.3, 0.4) is 0 Å². The van der Waals surface area contributed by atoms with Crippen molar-refractivity contribution in [3.63, 3.8) is 0 Å². The molecule has 1 saturated carbocycles. The molecule has 2 atom stereocenters. The van der Waals surface area contributed by atoms with Gasteiger partial charge in [-0.3, -0.25) is 9.78 Å². The average molecular weight is 438 g/mol. The number of halogens is 2. The van der Waals surface area contributed by atoms with Gasteiger partial charge in [0.25, 0.3) is 0 Å². The fourth-order valence-corrected chi connectivity index (χ4v) is 5.11. The molecule has 3 amide bonds. The van der Waals surface area contributed by atoms with Gasteiger partial charge in [0, 0.05) is 31.3 Å². The van der Waals surface area contributed by atoms with Gasteiger partial charge in [-0.05, 0) is 54.5 Å². The topological polar surface area (TPSA) is 65.5 Å². The largest absolute Gasteiger partial charge is 0.333 e. The van der Waals surface area contributed by atoms with Crippen LogP contribution in [0.4, 0.5) is 19.3 Å². The van der Waals surface area contributed by atoms with E-state index in [1.54, 1.807) is 4.90 Å². The summed E-state index contributed by atoms with van der Waals surface area (Å²) in [6.45, 7) is 0.278. The number of urea groups is 1. The van der Waals surface area contributed by atoms with Gasteiger partial charge in [0.05, 0.1) is 18.3 Å². The van der Waals surface area contributed by atoms with Gasteiger partial charge in [0.1, 0.15) is 6.54 Å². The first kappa shape index (κ1) is 19.4. The lowest BCUT2D eigenvalue weighted by Crippen LogP contribution is -2.48. The van der Waals surface area contributed by atoms with Crippen LogP contribution >= 0.6 is 0 Å². The number of hydrogen-bond acceptors (Lipinski definition) is 3. The van der Waals surface area contributed by atoms with Crippen molar-refractivity contribution in [2.24, 2.45) is 5.92 Å². The number of fused-ring (bicyclic) bond motifs is 3. The third-order valence-corrected chi connectivity index (χ3v) is 6.94. The minimum atomic E-state index is -0.993. The second kappa shape index (κ2) is 7.12. The molecule has 2 aromatic rings. The molecule has 6 nitrogen and oxygen atoms in total. The normalized spacial score (nSPS) is 23.8. The van der Waals surface area contributed by atoms with Crippen molar-refractivity contribution in [1.29, 1.82) is 0 Å². The molecule has 0 radical (unpaired) electrons. The number of carbonyl (C=O) groups excluding carboxylic acids is 2. The molecule has 0 spiro atoms. The Morgan fingerprint density at radius 3 is 2.78 bits per heavy atom.